The SMILES string of the molecule is Cc1c(N=c2scc(-c3ccc(Br)cc3)n2N=Cc2ccc(C#N)cc2)c(=O)n(-c2ccccc2)n1C. The molecule has 0 spiro atoms. The molecule has 5 aromatic rings. The third-order valence-corrected chi connectivity index (χ3v) is 7.26. The van der Waals surface area contributed by atoms with Gasteiger partial charge in [-0.25, -0.2) is 14.4 Å². The van der Waals surface area contributed by atoms with Crippen molar-refractivity contribution in [1.29, 1.82) is 5.26 Å². The van der Waals surface area contributed by atoms with Crippen LogP contribution in [0.15, 0.2) is 104 Å². The molecule has 0 saturated carbocycles. The number of aromatic nitrogens is 3. The van der Waals surface area contributed by atoms with Gasteiger partial charge in [0.05, 0.1) is 34.9 Å². The Bertz CT molecular complexity index is 1770. The van der Waals surface area contributed by atoms with Crippen molar-refractivity contribution >= 4 is 39.2 Å². The number of hydrogen-bond donors (Lipinski definition) is 0. The zero-order valence-corrected chi connectivity index (χ0v) is 22.4. The van der Waals surface area contributed by atoms with Crippen molar-refractivity contribution in [2.24, 2.45) is 17.1 Å². The number of thiazole rings is 1. The molecule has 0 aliphatic rings. The number of benzene rings is 3. The Labute approximate surface area is 225 Å². The maximum absolute atomic E-state index is 13.5. The average Bonchev–Trinajstić information content (AvgIpc) is 3.42. The molecular weight excluding hydrogens is 548 g/mol. The van der Waals surface area contributed by atoms with Crippen molar-refractivity contribution in [3.05, 3.63) is 121 Å². The van der Waals surface area contributed by atoms with Crippen molar-refractivity contribution in [3.8, 4) is 23.0 Å². The molecule has 9 heteroatoms. The molecule has 2 aromatic heterocycles. The highest BCUT2D eigenvalue weighted by Crippen LogP contribution is 2.23. The molecule has 0 bridgehead atoms. The van der Waals surface area contributed by atoms with E-state index in [0.29, 0.717) is 16.1 Å². The molecule has 0 fully saturated rings. The van der Waals surface area contributed by atoms with E-state index in [1.54, 1.807) is 27.7 Å². The standard InChI is InChI=1S/C28H21BrN6OS/c1-19-26(27(36)35(33(19)2)24-6-4-3-5-7-24)32-28-34(31-17-21-10-8-20(16-30)9-11-21)25(18-37-28)22-12-14-23(29)15-13-22/h3-15,17-18H,1-2H3. The fourth-order valence-corrected chi connectivity index (χ4v) is 4.96. The van der Waals surface area contributed by atoms with Crippen LogP contribution < -0.4 is 10.4 Å². The van der Waals surface area contributed by atoms with Gasteiger partial charge in [-0.15, -0.1) is 11.3 Å². The molecule has 3 aromatic carbocycles. The van der Waals surface area contributed by atoms with Crippen LogP contribution in [0, 0.1) is 18.3 Å². The lowest BCUT2D eigenvalue weighted by Gasteiger charge is -2.07. The number of hydrogen-bond acceptors (Lipinski definition) is 5. The van der Waals surface area contributed by atoms with Gasteiger partial charge in [-0.2, -0.15) is 10.4 Å². The van der Waals surface area contributed by atoms with Crippen LogP contribution in [0.1, 0.15) is 16.8 Å². The molecule has 0 radical (unpaired) electrons. The monoisotopic (exact) mass is 568 g/mol. The molecule has 0 aliphatic heterocycles. The van der Waals surface area contributed by atoms with E-state index in [9.17, 15) is 4.79 Å². The zero-order chi connectivity index (χ0) is 25.9. The van der Waals surface area contributed by atoms with Crippen molar-refractivity contribution < 1.29 is 0 Å². The summed E-state index contributed by atoms with van der Waals surface area (Å²) < 4.78 is 6.14. The molecule has 5 rings (SSSR count). The van der Waals surface area contributed by atoms with Gasteiger partial charge in [0.1, 0.15) is 0 Å². The highest BCUT2D eigenvalue weighted by Gasteiger charge is 2.16. The van der Waals surface area contributed by atoms with Gasteiger partial charge in [-0.3, -0.25) is 9.48 Å². The van der Waals surface area contributed by atoms with Crippen LogP contribution >= 0.6 is 27.3 Å². The number of nitriles is 1. The molecule has 0 atom stereocenters. The summed E-state index contributed by atoms with van der Waals surface area (Å²) in [7, 11) is 1.85. The summed E-state index contributed by atoms with van der Waals surface area (Å²) in [6.07, 6.45) is 1.72. The normalized spacial score (nSPS) is 11.8. The second kappa shape index (κ2) is 10.4. The molecular formula is C28H21BrN6OS. The molecule has 37 heavy (non-hydrogen) atoms. The first-order valence-corrected chi connectivity index (χ1v) is 13.0. The first-order valence-electron chi connectivity index (χ1n) is 11.4. The summed E-state index contributed by atoms with van der Waals surface area (Å²) >= 11 is 4.90. The molecule has 7 nitrogen and oxygen atoms in total. The summed E-state index contributed by atoms with van der Waals surface area (Å²) in [4.78, 5) is 18.8. The Morgan fingerprint density at radius 1 is 1.00 bits per heavy atom. The topological polar surface area (TPSA) is 80.4 Å². The van der Waals surface area contributed by atoms with E-state index in [1.165, 1.54) is 11.3 Å². The number of rotatable bonds is 5. The lowest BCUT2D eigenvalue weighted by molar-refractivity contribution is 0.630. The summed E-state index contributed by atoms with van der Waals surface area (Å²) in [5.41, 5.74) is 4.91. The van der Waals surface area contributed by atoms with E-state index in [0.717, 1.165) is 32.7 Å². The molecule has 0 N–H and O–H groups in total. The van der Waals surface area contributed by atoms with Crippen molar-refractivity contribution in [1.82, 2.24) is 14.0 Å². The number of para-hydroxylation sites is 1. The van der Waals surface area contributed by atoms with E-state index in [2.05, 4.69) is 22.0 Å². The van der Waals surface area contributed by atoms with Crippen LogP contribution in [-0.4, -0.2) is 20.3 Å². The second-order valence-electron chi connectivity index (χ2n) is 8.22. The first-order chi connectivity index (χ1) is 18.0. The Morgan fingerprint density at radius 2 is 1.70 bits per heavy atom. The number of nitrogens with zero attached hydrogens (tertiary/aromatic N) is 6. The minimum atomic E-state index is -0.201. The largest absolute Gasteiger partial charge is 0.297 e. The quantitative estimate of drug-likeness (QED) is 0.252. The van der Waals surface area contributed by atoms with Crippen molar-refractivity contribution in [2.45, 2.75) is 6.92 Å². The molecule has 0 saturated heterocycles. The third kappa shape index (κ3) is 4.89. The van der Waals surface area contributed by atoms with Gasteiger partial charge in [0.25, 0.3) is 5.56 Å². The Hall–Kier alpha value is -4.26. The van der Waals surface area contributed by atoms with Crippen molar-refractivity contribution in [3.63, 3.8) is 0 Å². The maximum atomic E-state index is 13.5. The summed E-state index contributed by atoms with van der Waals surface area (Å²) in [6, 6.07) is 26.7. The van der Waals surface area contributed by atoms with Crippen LogP contribution in [0.2, 0.25) is 0 Å². The van der Waals surface area contributed by atoms with Crippen LogP contribution in [0.4, 0.5) is 5.69 Å². The first kappa shape index (κ1) is 24.4. The second-order valence-corrected chi connectivity index (χ2v) is 9.97. The maximum Gasteiger partial charge on any atom is 0.297 e. The Balaban J connectivity index is 1.67. The Morgan fingerprint density at radius 3 is 2.38 bits per heavy atom. The summed E-state index contributed by atoms with van der Waals surface area (Å²) in [5.74, 6) is 0. The number of halogens is 1. The fraction of sp³-hybridized carbons (Fsp3) is 0.0714. The van der Waals surface area contributed by atoms with Crippen LogP contribution in [0.3, 0.4) is 0 Å². The smallest absolute Gasteiger partial charge is 0.283 e. The van der Waals surface area contributed by atoms with Gasteiger partial charge >= 0.3 is 0 Å². The van der Waals surface area contributed by atoms with Gasteiger partial charge in [0.15, 0.2) is 5.69 Å². The van der Waals surface area contributed by atoms with Crippen LogP contribution in [0.25, 0.3) is 16.9 Å². The highest BCUT2D eigenvalue weighted by atomic mass is 79.9. The van der Waals surface area contributed by atoms with Gasteiger partial charge in [0.2, 0.25) is 4.80 Å². The minimum absolute atomic E-state index is 0.201. The zero-order valence-electron chi connectivity index (χ0n) is 20.0. The Kier molecular flexibility index (Phi) is 6.86. The van der Waals surface area contributed by atoms with Gasteiger partial charge in [0, 0.05) is 22.5 Å². The van der Waals surface area contributed by atoms with Crippen molar-refractivity contribution in [2.75, 3.05) is 0 Å². The summed E-state index contributed by atoms with van der Waals surface area (Å²) in [5, 5.41) is 15.8. The van der Waals surface area contributed by atoms with Gasteiger partial charge in [-0.1, -0.05) is 58.4 Å². The predicted molar refractivity (Wildman–Crippen MR) is 151 cm³/mol. The molecule has 2 heterocycles. The predicted octanol–water partition coefficient (Wildman–Crippen LogP) is 5.76. The van der Waals surface area contributed by atoms with E-state index in [4.69, 9.17) is 15.4 Å². The lowest BCUT2D eigenvalue weighted by Crippen LogP contribution is -2.19. The lowest BCUT2D eigenvalue weighted by atomic mass is 10.2. The average molecular weight is 569 g/mol. The van der Waals surface area contributed by atoms with Crippen LogP contribution in [-0.2, 0) is 7.05 Å². The molecule has 0 amide bonds. The van der Waals surface area contributed by atoms with E-state index < -0.39 is 0 Å². The molecule has 0 unspecified atom stereocenters. The summed E-state index contributed by atoms with van der Waals surface area (Å²) in [6.45, 7) is 1.88. The van der Waals surface area contributed by atoms with E-state index in [1.807, 2.05) is 90.8 Å². The third-order valence-electron chi connectivity index (χ3n) is 5.92. The van der Waals surface area contributed by atoms with Gasteiger partial charge < -0.3 is 0 Å². The fourth-order valence-electron chi connectivity index (χ4n) is 3.85. The van der Waals surface area contributed by atoms with E-state index >= 15 is 0 Å². The van der Waals surface area contributed by atoms with Gasteiger partial charge in [-0.05, 0) is 48.9 Å². The van der Waals surface area contributed by atoms with Crippen LogP contribution in [0.5, 0.6) is 0 Å². The minimum Gasteiger partial charge on any atom is -0.283 e. The highest BCUT2D eigenvalue weighted by molar-refractivity contribution is 9.10. The molecule has 0 aliphatic carbocycles. The van der Waals surface area contributed by atoms with E-state index in [-0.39, 0.29) is 5.56 Å². The molecule has 182 valence electrons.